The van der Waals surface area contributed by atoms with Gasteiger partial charge in [0.25, 0.3) is 6.71 Å². The number of hydrogen-bond donors (Lipinski definition) is 0. The predicted octanol–water partition coefficient (Wildman–Crippen LogP) is 13.5. The van der Waals surface area contributed by atoms with Gasteiger partial charge in [0.1, 0.15) is 11.2 Å². The van der Waals surface area contributed by atoms with Crippen molar-refractivity contribution in [2.45, 2.75) is 65.2 Å². The molecule has 0 saturated heterocycles. The standard InChI is InChI=1S/C54H47BN2OS/c1-34-16-15-17-35(2)52(34)57-46-30-39(56(37-18-9-7-10-19-37)38-20-11-8-12-21-38)24-25-44(46)55(45-33-49-41(31-47(45)57)40-22-13-14-23-48(40)58-49)51-29-36-28-42-43(32-50(36)59-51)54(5,6)27-26-53(42,3)4/h7-25,28-33H,26-27H2,1-6H3. The predicted molar refractivity (Wildman–Crippen MR) is 254 cm³/mol. The maximum absolute atomic E-state index is 6.68. The molecule has 0 unspecified atom stereocenters. The van der Waals surface area contributed by atoms with Gasteiger partial charge in [-0.2, -0.15) is 0 Å². The lowest BCUT2D eigenvalue weighted by Gasteiger charge is -2.41. The van der Waals surface area contributed by atoms with Gasteiger partial charge in [-0.1, -0.05) is 107 Å². The summed E-state index contributed by atoms with van der Waals surface area (Å²) in [5.74, 6) is 0. The summed E-state index contributed by atoms with van der Waals surface area (Å²) in [6.45, 7) is 14.2. The van der Waals surface area contributed by atoms with Gasteiger partial charge in [-0.3, -0.25) is 0 Å². The van der Waals surface area contributed by atoms with Crippen molar-refractivity contribution in [3.05, 3.63) is 174 Å². The van der Waals surface area contributed by atoms with E-state index in [-0.39, 0.29) is 17.5 Å². The van der Waals surface area contributed by atoms with Crippen LogP contribution < -0.4 is 25.5 Å². The van der Waals surface area contributed by atoms with E-state index >= 15 is 0 Å². The molecule has 1 aliphatic heterocycles. The Hall–Kier alpha value is -6.04. The number of rotatable bonds is 5. The molecule has 0 bridgehead atoms. The van der Waals surface area contributed by atoms with Crippen molar-refractivity contribution in [3.8, 4) is 0 Å². The molecule has 11 rings (SSSR count). The first-order valence-corrected chi connectivity index (χ1v) is 21.8. The van der Waals surface area contributed by atoms with Gasteiger partial charge in [0.05, 0.1) is 5.69 Å². The number of fused-ring (bicyclic) bond motifs is 7. The minimum Gasteiger partial charge on any atom is -0.456 e. The molecule has 0 N–H and O–H groups in total. The summed E-state index contributed by atoms with van der Waals surface area (Å²) in [7, 11) is 0. The molecule has 7 aromatic carbocycles. The first-order valence-electron chi connectivity index (χ1n) is 21.0. The van der Waals surface area contributed by atoms with Crippen LogP contribution in [-0.2, 0) is 10.8 Å². The van der Waals surface area contributed by atoms with Crippen LogP contribution in [-0.4, -0.2) is 6.71 Å². The lowest BCUT2D eigenvalue weighted by Crippen LogP contribution is -2.56. The Morgan fingerprint density at radius 2 is 1.19 bits per heavy atom. The van der Waals surface area contributed by atoms with Crippen LogP contribution >= 0.6 is 11.3 Å². The maximum Gasteiger partial charge on any atom is 0.259 e. The third-order valence-corrected chi connectivity index (χ3v) is 14.5. The molecule has 0 atom stereocenters. The van der Waals surface area contributed by atoms with Crippen LogP contribution in [0.5, 0.6) is 0 Å². The highest BCUT2D eigenvalue weighted by Crippen LogP contribution is 2.49. The second-order valence-electron chi connectivity index (χ2n) is 18.1. The van der Waals surface area contributed by atoms with Crippen molar-refractivity contribution in [2.24, 2.45) is 0 Å². The SMILES string of the molecule is Cc1cccc(C)c1N1c2cc(N(c3ccccc3)c3ccccc3)ccc2B(c2cc3cc4c(cc3s2)C(C)(C)CCC4(C)C)c2cc3oc4ccccc4c3cc21. The number of hydrogen-bond acceptors (Lipinski definition) is 4. The zero-order valence-electron chi connectivity index (χ0n) is 34.6. The van der Waals surface area contributed by atoms with E-state index in [4.69, 9.17) is 4.42 Å². The Balaban J connectivity index is 1.22. The highest BCUT2D eigenvalue weighted by Gasteiger charge is 2.40. The molecule has 2 aromatic heterocycles. The van der Waals surface area contributed by atoms with Gasteiger partial charge in [-0.15, -0.1) is 11.3 Å². The fourth-order valence-corrected chi connectivity index (χ4v) is 11.4. The first-order chi connectivity index (χ1) is 28.6. The van der Waals surface area contributed by atoms with Crippen LogP contribution in [0.4, 0.5) is 34.1 Å². The minimum absolute atomic E-state index is 0.00964. The van der Waals surface area contributed by atoms with Gasteiger partial charge < -0.3 is 14.2 Å². The van der Waals surface area contributed by atoms with E-state index in [0.717, 1.165) is 39.0 Å². The monoisotopic (exact) mass is 782 g/mol. The lowest BCUT2D eigenvalue weighted by atomic mass is 9.37. The molecule has 3 nitrogen and oxygen atoms in total. The third kappa shape index (κ3) is 5.69. The zero-order chi connectivity index (χ0) is 40.2. The van der Waals surface area contributed by atoms with E-state index in [1.165, 1.54) is 77.9 Å². The van der Waals surface area contributed by atoms with Crippen molar-refractivity contribution in [2.75, 3.05) is 9.80 Å². The summed E-state index contributed by atoms with van der Waals surface area (Å²) >= 11 is 1.96. The van der Waals surface area contributed by atoms with Crippen LogP contribution in [0.15, 0.2) is 156 Å². The molecule has 1 aliphatic carbocycles. The molecule has 3 heterocycles. The van der Waals surface area contributed by atoms with Crippen LogP contribution in [0.2, 0.25) is 0 Å². The summed E-state index contributed by atoms with van der Waals surface area (Å²) in [6, 6.07) is 56.2. The summed E-state index contributed by atoms with van der Waals surface area (Å²) < 4.78 is 9.40. The van der Waals surface area contributed by atoms with E-state index in [9.17, 15) is 0 Å². The molecule has 2 aliphatic rings. The van der Waals surface area contributed by atoms with Crippen LogP contribution in [0.3, 0.4) is 0 Å². The lowest BCUT2D eigenvalue weighted by molar-refractivity contribution is 0.332. The van der Waals surface area contributed by atoms with Gasteiger partial charge in [-0.25, -0.2) is 0 Å². The number of furan rings is 1. The van der Waals surface area contributed by atoms with Gasteiger partial charge in [-0.05, 0) is 154 Å². The van der Waals surface area contributed by atoms with E-state index in [2.05, 4.69) is 203 Å². The fraction of sp³-hybridized carbons (Fsp3) is 0.185. The second kappa shape index (κ2) is 13.2. The molecular formula is C54H47BN2OS. The van der Waals surface area contributed by atoms with E-state index in [0.29, 0.717) is 0 Å². The van der Waals surface area contributed by atoms with Crippen LogP contribution in [0.1, 0.15) is 62.8 Å². The molecule has 9 aromatic rings. The topological polar surface area (TPSA) is 19.6 Å². The molecular weight excluding hydrogens is 735 g/mol. The highest BCUT2D eigenvalue weighted by atomic mass is 32.1. The van der Waals surface area contributed by atoms with E-state index in [1.807, 2.05) is 11.3 Å². The molecule has 0 radical (unpaired) electrons. The molecule has 0 amide bonds. The largest absolute Gasteiger partial charge is 0.456 e. The summed E-state index contributed by atoms with van der Waals surface area (Å²) in [5, 5.41) is 3.62. The van der Waals surface area contributed by atoms with Crippen LogP contribution in [0.25, 0.3) is 32.0 Å². The van der Waals surface area contributed by atoms with Crippen molar-refractivity contribution >= 4 is 99.9 Å². The summed E-state index contributed by atoms with van der Waals surface area (Å²) in [6.07, 6.45) is 2.40. The Morgan fingerprint density at radius 1 is 0.559 bits per heavy atom. The van der Waals surface area contributed by atoms with Gasteiger partial charge in [0.2, 0.25) is 0 Å². The average molecular weight is 783 g/mol. The van der Waals surface area contributed by atoms with Gasteiger partial charge in [0, 0.05) is 43.9 Å². The maximum atomic E-state index is 6.68. The first kappa shape index (κ1) is 36.1. The molecule has 5 heteroatoms. The fourth-order valence-electron chi connectivity index (χ4n) is 10.2. The summed E-state index contributed by atoms with van der Waals surface area (Å²) in [4.78, 5) is 4.94. The minimum atomic E-state index is -0.00964. The van der Waals surface area contributed by atoms with Crippen molar-refractivity contribution in [1.29, 1.82) is 0 Å². The number of aryl methyl sites for hydroxylation is 2. The van der Waals surface area contributed by atoms with Crippen molar-refractivity contribution in [1.82, 2.24) is 0 Å². The second-order valence-corrected chi connectivity index (χ2v) is 19.2. The molecule has 0 spiro atoms. The van der Waals surface area contributed by atoms with Gasteiger partial charge in [0.15, 0.2) is 0 Å². The Labute approximate surface area is 351 Å². The molecule has 0 fully saturated rings. The highest BCUT2D eigenvalue weighted by molar-refractivity contribution is 7.32. The normalized spacial score (nSPS) is 15.4. The number of thiophene rings is 1. The average Bonchev–Trinajstić information content (AvgIpc) is 3.82. The number of nitrogens with zero attached hydrogens (tertiary/aromatic N) is 2. The summed E-state index contributed by atoms with van der Waals surface area (Å²) in [5.41, 5.74) is 17.1. The molecule has 59 heavy (non-hydrogen) atoms. The third-order valence-electron chi connectivity index (χ3n) is 13.4. The number of anilines is 6. The van der Waals surface area contributed by atoms with Crippen molar-refractivity contribution in [3.63, 3.8) is 0 Å². The Bertz CT molecular complexity index is 2990. The van der Waals surface area contributed by atoms with Gasteiger partial charge >= 0.3 is 0 Å². The van der Waals surface area contributed by atoms with E-state index < -0.39 is 0 Å². The molecule has 0 saturated carbocycles. The quantitative estimate of drug-likeness (QED) is 0.162. The Morgan fingerprint density at radius 3 is 1.88 bits per heavy atom. The Kier molecular flexibility index (Phi) is 8.10. The number of para-hydroxylation sites is 4. The van der Waals surface area contributed by atoms with Crippen LogP contribution in [0, 0.1) is 13.8 Å². The van der Waals surface area contributed by atoms with Crippen molar-refractivity contribution < 1.29 is 4.42 Å². The number of benzene rings is 7. The smallest absolute Gasteiger partial charge is 0.259 e. The zero-order valence-corrected chi connectivity index (χ0v) is 35.5. The van der Waals surface area contributed by atoms with E-state index in [1.54, 1.807) is 0 Å². The molecule has 288 valence electrons.